The van der Waals surface area contributed by atoms with Crippen LogP contribution in [0.2, 0.25) is 0 Å². The summed E-state index contributed by atoms with van der Waals surface area (Å²) in [5.41, 5.74) is 2.83. The molecule has 2 aromatic carbocycles. The molecule has 1 amide bonds. The molecule has 0 spiro atoms. The van der Waals surface area contributed by atoms with E-state index in [-0.39, 0.29) is 11.7 Å². The van der Waals surface area contributed by atoms with Crippen LogP contribution in [0, 0.1) is 5.82 Å². The quantitative estimate of drug-likeness (QED) is 0.489. The standard InChI is InChI=1S/C23H21FN4O2/c1-27(13-14-30-17-9-7-16(24)8-10-17)23(29)19-15-21(22-11-12-25-28(22)2)26-20-6-4-3-5-18(19)20/h3-12,15H,13-14H2,1-2H3. The zero-order valence-electron chi connectivity index (χ0n) is 16.7. The predicted molar refractivity (Wildman–Crippen MR) is 113 cm³/mol. The SMILES string of the molecule is CN(CCOc1ccc(F)cc1)C(=O)c1cc(-c2ccnn2C)nc2ccccc12. The number of likely N-dealkylation sites (N-methyl/N-ethyl adjacent to an activating group) is 1. The number of pyridine rings is 1. The Morgan fingerprint density at radius 3 is 2.63 bits per heavy atom. The number of benzene rings is 2. The number of aryl methyl sites for hydroxylation is 1. The predicted octanol–water partition coefficient (Wildman–Crippen LogP) is 3.93. The number of hydrogen-bond donors (Lipinski definition) is 0. The van der Waals surface area contributed by atoms with Crippen molar-refractivity contribution in [2.24, 2.45) is 7.05 Å². The average Bonchev–Trinajstić information content (AvgIpc) is 3.19. The Morgan fingerprint density at radius 2 is 1.90 bits per heavy atom. The fraction of sp³-hybridized carbons (Fsp3) is 0.174. The van der Waals surface area contributed by atoms with Gasteiger partial charge in [0.15, 0.2) is 0 Å². The van der Waals surface area contributed by atoms with Gasteiger partial charge in [0.25, 0.3) is 5.91 Å². The van der Waals surface area contributed by atoms with Crippen molar-refractivity contribution in [1.82, 2.24) is 19.7 Å². The second kappa shape index (κ2) is 8.32. The molecule has 2 aromatic heterocycles. The fourth-order valence-corrected chi connectivity index (χ4v) is 3.25. The van der Waals surface area contributed by atoms with E-state index in [0.29, 0.717) is 30.2 Å². The van der Waals surface area contributed by atoms with Gasteiger partial charge in [-0.15, -0.1) is 0 Å². The minimum Gasteiger partial charge on any atom is -0.492 e. The van der Waals surface area contributed by atoms with Crippen molar-refractivity contribution in [3.05, 3.63) is 78.2 Å². The average molecular weight is 404 g/mol. The van der Waals surface area contributed by atoms with Gasteiger partial charge in [0.05, 0.1) is 29.0 Å². The number of para-hydroxylation sites is 1. The Hall–Kier alpha value is -3.74. The van der Waals surface area contributed by atoms with E-state index in [2.05, 4.69) is 5.10 Å². The molecule has 0 N–H and O–H groups in total. The lowest BCUT2D eigenvalue weighted by Crippen LogP contribution is -2.31. The van der Waals surface area contributed by atoms with E-state index >= 15 is 0 Å². The van der Waals surface area contributed by atoms with E-state index in [9.17, 15) is 9.18 Å². The number of amides is 1. The normalized spacial score (nSPS) is 10.9. The molecule has 152 valence electrons. The van der Waals surface area contributed by atoms with Gasteiger partial charge in [-0.1, -0.05) is 18.2 Å². The van der Waals surface area contributed by atoms with Crippen molar-refractivity contribution in [2.75, 3.05) is 20.2 Å². The molecule has 0 aliphatic rings. The number of nitrogens with zero attached hydrogens (tertiary/aromatic N) is 4. The second-order valence-electron chi connectivity index (χ2n) is 6.94. The zero-order valence-corrected chi connectivity index (χ0v) is 16.7. The van der Waals surface area contributed by atoms with Crippen LogP contribution in [0.15, 0.2) is 66.9 Å². The Bertz CT molecular complexity index is 1190. The highest BCUT2D eigenvalue weighted by Gasteiger charge is 2.18. The molecule has 4 rings (SSSR count). The number of carbonyl (C=O) groups excluding carboxylic acids is 1. The molecule has 30 heavy (non-hydrogen) atoms. The number of hydrogen-bond acceptors (Lipinski definition) is 4. The van der Waals surface area contributed by atoms with Crippen LogP contribution in [0.1, 0.15) is 10.4 Å². The van der Waals surface area contributed by atoms with Gasteiger partial charge in [-0.25, -0.2) is 9.37 Å². The van der Waals surface area contributed by atoms with E-state index in [1.807, 2.05) is 37.4 Å². The summed E-state index contributed by atoms with van der Waals surface area (Å²) in [7, 11) is 3.57. The third-order valence-corrected chi connectivity index (χ3v) is 4.89. The summed E-state index contributed by atoms with van der Waals surface area (Å²) >= 11 is 0. The third-order valence-electron chi connectivity index (χ3n) is 4.89. The third kappa shape index (κ3) is 4.00. The molecule has 0 aliphatic heterocycles. The Labute approximate surface area is 173 Å². The van der Waals surface area contributed by atoms with Gasteiger partial charge in [0.2, 0.25) is 0 Å². The first-order valence-electron chi connectivity index (χ1n) is 9.55. The van der Waals surface area contributed by atoms with Crippen molar-refractivity contribution < 1.29 is 13.9 Å². The molecule has 4 aromatic rings. The summed E-state index contributed by atoms with van der Waals surface area (Å²) in [6, 6.07) is 17.1. The minimum absolute atomic E-state index is 0.125. The highest BCUT2D eigenvalue weighted by Crippen LogP contribution is 2.25. The number of halogens is 1. The van der Waals surface area contributed by atoms with Crippen molar-refractivity contribution >= 4 is 16.8 Å². The molecule has 7 heteroatoms. The molecular weight excluding hydrogens is 383 g/mol. The Morgan fingerprint density at radius 1 is 1.13 bits per heavy atom. The minimum atomic E-state index is -0.316. The van der Waals surface area contributed by atoms with Crippen LogP contribution in [0.25, 0.3) is 22.3 Å². The van der Waals surface area contributed by atoms with Crippen molar-refractivity contribution in [3.63, 3.8) is 0 Å². The van der Waals surface area contributed by atoms with Gasteiger partial charge in [-0.05, 0) is 42.5 Å². The van der Waals surface area contributed by atoms with Crippen LogP contribution < -0.4 is 4.74 Å². The lowest BCUT2D eigenvalue weighted by atomic mass is 10.1. The Balaban J connectivity index is 1.57. The number of fused-ring (bicyclic) bond motifs is 1. The van der Waals surface area contributed by atoms with Crippen LogP contribution >= 0.6 is 0 Å². The summed E-state index contributed by atoms with van der Waals surface area (Å²) in [4.78, 5) is 19.5. The van der Waals surface area contributed by atoms with Gasteiger partial charge in [0, 0.05) is 25.7 Å². The largest absolute Gasteiger partial charge is 0.492 e. The van der Waals surface area contributed by atoms with Gasteiger partial charge in [-0.3, -0.25) is 9.48 Å². The molecular formula is C23H21FN4O2. The van der Waals surface area contributed by atoms with Crippen LogP contribution in [0.3, 0.4) is 0 Å². The molecule has 2 heterocycles. The summed E-state index contributed by atoms with van der Waals surface area (Å²) < 4.78 is 20.3. The summed E-state index contributed by atoms with van der Waals surface area (Å²) in [5, 5.41) is 4.99. The van der Waals surface area contributed by atoms with E-state index in [1.165, 1.54) is 12.1 Å². The molecule has 0 unspecified atom stereocenters. The highest BCUT2D eigenvalue weighted by atomic mass is 19.1. The molecule has 0 fully saturated rings. The van der Waals surface area contributed by atoms with Crippen molar-refractivity contribution in [3.8, 4) is 17.1 Å². The van der Waals surface area contributed by atoms with Crippen molar-refractivity contribution in [1.29, 1.82) is 0 Å². The number of rotatable bonds is 6. The van der Waals surface area contributed by atoms with Crippen LogP contribution in [0.4, 0.5) is 4.39 Å². The van der Waals surface area contributed by atoms with E-state index < -0.39 is 0 Å². The van der Waals surface area contributed by atoms with Crippen LogP contribution in [-0.4, -0.2) is 45.8 Å². The number of ether oxygens (including phenoxy) is 1. The monoisotopic (exact) mass is 404 g/mol. The topological polar surface area (TPSA) is 60.2 Å². The Kier molecular flexibility index (Phi) is 5.43. The van der Waals surface area contributed by atoms with E-state index in [4.69, 9.17) is 9.72 Å². The highest BCUT2D eigenvalue weighted by molar-refractivity contribution is 6.07. The summed E-state index contributed by atoms with van der Waals surface area (Å²) in [6.07, 6.45) is 1.70. The molecule has 0 aliphatic carbocycles. The summed E-state index contributed by atoms with van der Waals surface area (Å²) in [6.45, 7) is 0.680. The molecule has 0 saturated carbocycles. The van der Waals surface area contributed by atoms with Crippen LogP contribution in [0.5, 0.6) is 5.75 Å². The van der Waals surface area contributed by atoms with Gasteiger partial charge in [0.1, 0.15) is 18.2 Å². The van der Waals surface area contributed by atoms with Gasteiger partial charge in [-0.2, -0.15) is 5.10 Å². The van der Waals surface area contributed by atoms with Gasteiger partial charge >= 0.3 is 0 Å². The maximum atomic E-state index is 13.2. The molecule has 0 bridgehead atoms. The molecule has 0 saturated heterocycles. The maximum Gasteiger partial charge on any atom is 0.254 e. The second-order valence-corrected chi connectivity index (χ2v) is 6.94. The lowest BCUT2D eigenvalue weighted by molar-refractivity contribution is 0.0775. The first-order chi connectivity index (χ1) is 14.5. The fourth-order valence-electron chi connectivity index (χ4n) is 3.25. The number of carbonyl (C=O) groups is 1. The van der Waals surface area contributed by atoms with Crippen molar-refractivity contribution in [2.45, 2.75) is 0 Å². The first kappa shape index (κ1) is 19.6. The van der Waals surface area contributed by atoms with E-state index in [0.717, 1.165) is 16.6 Å². The van der Waals surface area contributed by atoms with Gasteiger partial charge < -0.3 is 9.64 Å². The molecule has 0 radical (unpaired) electrons. The smallest absolute Gasteiger partial charge is 0.254 e. The first-order valence-corrected chi connectivity index (χ1v) is 9.55. The maximum absolute atomic E-state index is 13.2. The molecule has 6 nitrogen and oxygen atoms in total. The lowest BCUT2D eigenvalue weighted by Gasteiger charge is -2.19. The molecule has 0 atom stereocenters. The van der Waals surface area contributed by atoms with Crippen LogP contribution in [-0.2, 0) is 7.05 Å². The zero-order chi connectivity index (χ0) is 21.1. The van der Waals surface area contributed by atoms with E-state index in [1.54, 1.807) is 41.0 Å². The number of aromatic nitrogens is 3. The summed E-state index contributed by atoms with van der Waals surface area (Å²) in [5.74, 6) is 0.119.